The summed E-state index contributed by atoms with van der Waals surface area (Å²) in [5, 5.41) is 0. The lowest BCUT2D eigenvalue weighted by molar-refractivity contribution is -0.142. The van der Waals surface area contributed by atoms with Gasteiger partial charge in [-0.1, -0.05) is 6.92 Å². The molecule has 0 aliphatic carbocycles. The molecule has 1 rings (SSSR count). The Morgan fingerprint density at radius 3 is 3.00 bits per heavy atom. The van der Waals surface area contributed by atoms with E-state index in [9.17, 15) is 4.79 Å². The maximum atomic E-state index is 10.5. The van der Waals surface area contributed by atoms with Crippen LogP contribution in [0.2, 0.25) is 0 Å². The van der Waals surface area contributed by atoms with Gasteiger partial charge in [0, 0.05) is 19.8 Å². The molecule has 0 aromatic heterocycles. The number of esters is 1. The van der Waals surface area contributed by atoms with E-state index in [4.69, 9.17) is 9.47 Å². The average Bonchev–Trinajstić information content (AvgIpc) is 2.47. The molecule has 1 aliphatic rings. The lowest BCUT2D eigenvalue weighted by atomic mass is 10.1. The van der Waals surface area contributed by atoms with Crippen molar-refractivity contribution in [1.29, 1.82) is 0 Å². The van der Waals surface area contributed by atoms with E-state index >= 15 is 0 Å². The Labute approximate surface area is 77.9 Å². The molecule has 0 aromatic carbocycles. The molecule has 0 spiro atoms. The van der Waals surface area contributed by atoms with Crippen LogP contribution < -0.4 is 0 Å². The SMILES string of the molecule is CC(=O)OCC(C)C1COC(C)=N1. The molecule has 0 N–H and O–H groups in total. The number of hydrogen-bond donors (Lipinski definition) is 0. The fourth-order valence-corrected chi connectivity index (χ4v) is 1.17. The molecule has 13 heavy (non-hydrogen) atoms. The monoisotopic (exact) mass is 185 g/mol. The van der Waals surface area contributed by atoms with Crippen molar-refractivity contribution >= 4 is 11.9 Å². The molecule has 2 unspecified atom stereocenters. The van der Waals surface area contributed by atoms with Crippen molar-refractivity contribution in [3.05, 3.63) is 0 Å². The molecular weight excluding hydrogens is 170 g/mol. The van der Waals surface area contributed by atoms with Gasteiger partial charge < -0.3 is 9.47 Å². The second kappa shape index (κ2) is 4.25. The number of nitrogens with zero attached hydrogens (tertiary/aromatic N) is 1. The second-order valence-electron chi connectivity index (χ2n) is 3.31. The molecule has 0 saturated heterocycles. The van der Waals surface area contributed by atoms with Crippen LogP contribution in [0.25, 0.3) is 0 Å². The lowest BCUT2D eigenvalue weighted by Crippen LogP contribution is -2.23. The minimum absolute atomic E-state index is 0.138. The van der Waals surface area contributed by atoms with Crippen molar-refractivity contribution in [1.82, 2.24) is 0 Å². The van der Waals surface area contributed by atoms with Crippen LogP contribution in [-0.2, 0) is 14.3 Å². The van der Waals surface area contributed by atoms with E-state index in [1.807, 2.05) is 13.8 Å². The Bertz CT molecular complexity index is 225. The lowest BCUT2D eigenvalue weighted by Gasteiger charge is -2.14. The van der Waals surface area contributed by atoms with Gasteiger partial charge in [0.25, 0.3) is 0 Å². The predicted octanol–water partition coefficient (Wildman–Crippen LogP) is 1.00. The summed E-state index contributed by atoms with van der Waals surface area (Å²) in [6.45, 7) is 6.26. The van der Waals surface area contributed by atoms with Crippen LogP contribution in [0.3, 0.4) is 0 Å². The van der Waals surface area contributed by atoms with Gasteiger partial charge in [-0.3, -0.25) is 4.79 Å². The molecule has 0 fully saturated rings. The van der Waals surface area contributed by atoms with Crippen molar-refractivity contribution in [2.75, 3.05) is 13.2 Å². The Morgan fingerprint density at radius 1 is 1.85 bits per heavy atom. The third kappa shape index (κ3) is 3.05. The largest absolute Gasteiger partial charge is 0.479 e. The summed E-state index contributed by atoms with van der Waals surface area (Å²) < 4.78 is 10.1. The van der Waals surface area contributed by atoms with Crippen molar-refractivity contribution < 1.29 is 14.3 Å². The van der Waals surface area contributed by atoms with Gasteiger partial charge in [0.1, 0.15) is 6.61 Å². The van der Waals surface area contributed by atoms with Crippen LogP contribution in [0.15, 0.2) is 4.99 Å². The highest BCUT2D eigenvalue weighted by molar-refractivity contribution is 5.74. The van der Waals surface area contributed by atoms with Gasteiger partial charge in [0.05, 0.1) is 12.6 Å². The van der Waals surface area contributed by atoms with Crippen molar-refractivity contribution in [2.24, 2.45) is 10.9 Å². The number of hydrogen-bond acceptors (Lipinski definition) is 4. The Balaban J connectivity index is 2.31. The minimum Gasteiger partial charge on any atom is -0.479 e. The van der Waals surface area contributed by atoms with Gasteiger partial charge in [-0.25, -0.2) is 4.99 Å². The van der Waals surface area contributed by atoms with E-state index in [0.717, 1.165) is 5.90 Å². The van der Waals surface area contributed by atoms with Crippen LogP contribution in [0.4, 0.5) is 0 Å². The van der Waals surface area contributed by atoms with E-state index in [-0.39, 0.29) is 17.9 Å². The highest BCUT2D eigenvalue weighted by Crippen LogP contribution is 2.14. The first-order valence-electron chi connectivity index (χ1n) is 4.40. The molecule has 4 nitrogen and oxygen atoms in total. The van der Waals surface area contributed by atoms with E-state index < -0.39 is 0 Å². The normalized spacial score (nSPS) is 23.3. The van der Waals surface area contributed by atoms with Gasteiger partial charge in [-0.05, 0) is 0 Å². The molecule has 1 aliphatic heterocycles. The van der Waals surface area contributed by atoms with Gasteiger partial charge in [0.15, 0.2) is 5.90 Å². The number of ether oxygens (including phenoxy) is 2. The molecule has 0 amide bonds. The highest BCUT2D eigenvalue weighted by Gasteiger charge is 2.23. The quantitative estimate of drug-likeness (QED) is 0.616. The smallest absolute Gasteiger partial charge is 0.302 e. The number of carbonyl (C=O) groups is 1. The maximum Gasteiger partial charge on any atom is 0.302 e. The van der Waals surface area contributed by atoms with Gasteiger partial charge in [0.2, 0.25) is 0 Å². The van der Waals surface area contributed by atoms with E-state index in [1.54, 1.807) is 0 Å². The first-order valence-corrected chi connectivity index (χ1v) is 4.40. The minimum atomic E-state index is -0.244. The summed E-state index contributed by atoms with van der Waals surface area (Å²) in [6, 6.07) is 0.138. The topological polar surface area (TPSA) is 47.9 Å². The predicted molar refractivity (Wildman–Crippen MR) is 48.6 cm³/mol. The molecule has 0 saturated carbocycles. The van der Waals surface area contributed by atoms with Crippen LogP contribution in [-0.4, -0.2) is 31.1 Å². The zero-order chi connectivity index (χ0) is 9.84. The third-order valence-corrected chi connectivity index (χ3v) is 2.02. The number of rotatable bonds is 3. The summed E-state index contributed by atoms with van der Waals surface area (Å²) in [5.74, 6) is 0.701. The van der Waals surface area contributed by atoms with Crippen molar-refractivity contribution in [3.8, 4) is 0 Å². The molecular formula is C9H15NO3. The Kier molecular flexibility index (Phi) is 3.28. The summed E-state index contributed by atoms with van der Waals surface area (Å²) in [6.07, 6.45) is 0. The van der Waals surface area contributed by atoms with E-state index in [0.29, 0.717) is 13.2 Å². The Hall–Kier alpha value is -1.06. The standard InChI is InChI=1S/C9H15NO3/c1-6(4-13-8(3)11)9-5-12-7(2)10-9/h6,9H,4-5H2,1-3H3. The zero-order valence-corrected chi connectivity index (χ0v) is 8.24. The first kappa shape index (κ1) is 10.0. The molecule has 4 heteroatoms. The summed E-state index contributed by atoms with van der Waals surface area (Å²) in [4.78, 5) is 14.8. The van der Waals surface area contributed by atoms with Crippen LogP contribution in [0, 0.1) is 5.92 Å². The van der Waals surface area contributed by atoms with Gasteiger partial charge >= 0.3 is 5.97 Å². The molecule has 74 valence electrons. The molecule has 0 aromatic rings. The van der Waals surface area contributed by atoms with E-state index in [1.165, 1.54) is 6.92 Å². The van der Waals surface area contributed by atoms with Crippen LogP contribution in [0.5, 0.6) is 0 Å². The summed E-state index contributed by atoms with van der Waals surface area (Å²) in [5.41, 5.74) is 0. The third-order valence-electron chi connectivity index (χ3n) is 2.02. The average molecular weight is 185 g/mol. The zero-order valence-electron chi connectivity index (χ0n) is 8.24. The van der Waals surface area contributed by atoms with Gasteiger partial charge in [-0.2, -0.15) is 0 Å². The summed E-state index contributed by atoms with van der Waals surface area (Å²) in [7, 11) is 0. The second-order valence-corrected chi connectivity index (χ2v) is 3.31. The first-order chi connectivity index (χ1) is 6.09. The molecule has 2 atom stereocenters. The molecule has 0 radical (unpaired) electrons. The van der Waals surface area contributed by atoms with Crippen molar-refractivity contribution in [2.45, 2.75) is 26.8 Å². The number of aliphatic imine (C=N–C) groups is 1. The number of carbonyl (C=O) groups excluding carboxylic acids is 1. The van der Waals surface area contributed by atoms with Crippen LogP contribution >= 0.6 is 0 Å². The van der Waals surface area contributed by atoms with Gasteiger partial charge in [-0.15, -0.1) is 0 Å². The van der Waals surface area contributed by atoms with Crippen molar-refractivity contribution in [3.63, 3.8) is 0 Å². The van der Waals surface area contributed by atoms with Crippen LogP contribution in [0.1, 0.15) is 20.8 Å². The maximum absolute atomic E-state index is 10.5. The fraction of sp³-hybridized carbons (Fsp3) is 0.778. The summed E-state index contributed by atoms with van der Waals surface area (Å²) >= 11 is 0. The fourth-order valence-electron chi connectivity index (χ4n) is 1.17. The Morgan fingerprint density at radius 2 is 2.54 bits per heavy atom. The van der Waals surface area contributed by atoms with E-state index in [2.05, 4.69) is 4.99 Å². The highest BCUT2D eigenvalue weighted by atomic mass is 16.5. The molecule has 0 bridgehead atoms. The molecule has 1 heterocycles.